The molecule has 2 amide bonds. The molecule has 5 nitrogen and oxygen atoms in total. The fourth-order valence-corrected chi connectivity index (χ4v) is 3.35. The van der Waals surface area contributed by atoms with Gasteiger partial charge in [-0.3, -0.25) is 9.59 Å². The number of nitrogens with zero attached hydrogens (tertiary/aromatic N) is 2. The topological polar surface area (TPSA) is 60.9 Å². The number of imide groups is 1. The molecule has 1 aliphatic heterocycles. The number of likely N-dealkylation sites (N-methyl/N-ethyl adjacent to an activating group) is 1. The first-order chi connectivity index (χ1) is 12.4. The minimum Gasteiger partial charge on any atom is -0.395 e. The Morgan fingerprint density at radius 1 is 1.08 bits per heavy atom. The fourth-order valence-electron chi connectivity index (χ4n) is 2.96. The Bertz CT molecular complexity index is 890. The van der Waals surface area contributed by atoms with Gasteiger partial charge >= 0.3 is 0 Å². The van der Waals surface area contributed by atoms with Crippen molar-refractivity contribution in [1.82, 2.24) is 4.90 Å². The summed E-state index contributed by atoms with van der Waals surface area (Å²) >= 11 is 3.38. The molecule has 1 heterocycles. The van der Waals surface area contributed by atoms with Crippen molar-refractivity contribution in [3.05, 3.63) is 69.8 Å². The van der Waals surface area contributed by atoms with Gasteiger partial charge in [0, 0.05) is 18.1 Å². The summed E-state index contributed by atoms with van der Waals surface area (Å²) in [5.74, 6) is -0.753. The van der Waals surface area contributed by atoms with Gasteiger partial charge in [0.25, 0.3) is 11.8 Å². The number of halogens is 1. The number of carbonyl (C=O) groups is 2. The molecule has 6 heteroatoms. The van der Waals surface area contributed by atoms with E-state index in [1.165, 1.54) is 4.90 Å². The van der Waals surface area contributed by atoms with Crippen molar-refractivity contribution in [2.24, 2.45) is 0 Å². The van der Waals surface area contributed by atoms with E-state index in [1.54, 1.807) is 30.1 Å². The molecule has 0 spiro atoms. The van der Waals surface area contributed by atoms with Crippen molar-refractivity contribution >= 4 is 39.0 Å². The van der Waals surface area contributed by atoms with Crippen molar-refractivity contribution in [1.29, 1.82) is 0 Å². The van der Waals surface area contributed by atoms with E-state index in [9.17, 15) is 14.7 Å². The molecular formula is C20H19BrN2O3. The molecule has 2 aromatic rings. The third-order valence-corrected chi connectivity index (χ3v) is 4.78. The van der Waals surface area contributed by atoms with Crippen molar-refractivity contribution in [2.45, 2.75) is 6.92 Å². The van der Waals surface area contributed by atoms with Crippen molar-refractivity contribution in [2.75, 3.05) is 25.1 Å². The summed E-state index contributed by atoms with van der Waals surface area (Å²) in [6.07, 6.45) is 0. The highest BCUT2D eigenvalue weighted by Gasteiger charge is 2.41. The lowest BCUT2D eigenvalue weighted by Gasteiger charge is -2.20. The van der Waals surface area contributed by atoms with Crippen LogP contribution in [0.3, 0.4) is 0 Å². The minimum absolute atomic E-state index is 0.112. The van der Waals surface area contributed by atoms with Crippen LogP contribution in [-0.2, 0) is 9.59 Å². The molecule has 0 radical (unpaired) electrons. The molecule has 0 atom stereocenters. The smallest absolute Gasteiger partial charge is 0.282 e. The molecule has 0 aliphatic carbocycles. The Morgan fingerprint density at radius 3 is 2.38 bits per heavy atom. The number of rotatable bonds is 5. The molecule has 0 saturated carbocycles. The van der Waals surface area contributed by atoms with Crippen LogP contribution in [0.2, 0.25) is 0 Å². The lowest BCUT2D eigenvalue weighted by molar-refractivity contribution is -0.120. The Labute approximate surface area is 160 Å². The lowest BCUT2D eigenvalue weighted by Crippen LogP contribution is -2.34. The highest BCUT2D eigenvalue weighted by atomic mass is 79.9. The van der Waals surface area contributed by atoms with Crippen LogP contribution in [0.1, 0.15) is 11.1 Å². The molecule has 2 aromatic carbocycles. The highest BCUT2D eigenvalue weighted by molar-refractivity contribution is 9.10. The largest absolute Gasteiger partial charge is 0.395 e. The molecule has 0 saturated heterocycles. The second kappa shape index (κ2) is 7.43. The van der Waals surface area contributed by atoms with Crippen LogP contribution in [0.15, 0.2) is 58.7 Å². The first-order valence-electron chi connectivity index (χ1n) is 8.21. The SMILES string of the molecule is Cc1ccc(C2=C(N(C)CCO)C(=O)N(c3cccc(Br)c3)C2=O)cc1. The van der Waals surface area contributed by atoms with Crippen molar-refractivity contribution < 1.29 is 14.7 Å². The normalized spacial score (nSPS) is 14.4. The maximum Gasteiger partial charge on any atom is 0.282 e. The third kappa shape index (κ3) is 3.30. The van der Waals surface area contributed by atoms with Crippen LogP contribution < -0.4 is 4.90 Å². The predicted octanol–water partition coefficient (Wildman–Crippen LogP) is 2.97. The summed E-state index contributed by atoms with van der Waals surface area (Å²) in [5, 5.41) is 9.28. The number of carbonyl (C=O) groups excluding carboxylic acids is 2. The number of amides is 2. The van der Waals surface area contributed by atoms with Crippen molar-refractivity contribution in [3.63, 3.8) is 0 Å². The molecule has 3 rings (SSSR count). The standard InChI is InChI=1S/C20H19BrN2O3/c1-13-6-8-14(9-7-13)17-18(22(2)10-11-24)20(26)23(19(17)25)16-5-3-4-15(21)12-16/h3-9,12,24H,10-11H2,1-2H3. The molecule has 0 fully saturated rings. The number of aliphatic hydroxyl groups is 1. The van der Waals surface area contributed by atoms with Crippen molar-refractivity contribution in [3.8, 4) is 0 Å². The van der Waals surface area contributed by atoms with Gasteiger partial charge in [-0.25, -0.2) is 4.90 Å². The van der Waals surface area contributed by atoms with Gasteiger partial charge in [0.2, 0.25) is 0 Å². The quantitative estimate of drug-likeness (QED) is 0.763. The predicted molar refractivity (Wildman–Crippen MR) is 104 cm³/mol. The van der Waals surface area contributed by atoms with Gasteiger partial charge in [-0.05, 0) is 30.7 Å². The van der Waals surface area contributed by atoms with Gasteiger partial charge in [-0.15, -0.1) is 0 Å². The molecule has 26 heavy (non-hydrogen) atoms. The third-order valence-electron chi connectivity index (χ3n) is 4.28. The molecule has 0 unspecified atom stereocenters. The van der Waals surface area contributed by atoms with Crippen LogP contribution in [0.5, 0.6) is 0 Å². The Balaban J connectivity index is 2.13. The lowest BCUT2D eigenvalue weighted by atomic mass is 10.0. The number of aliphatic hydroxyl groups excluding tert-OH is 1. The summed E-state index contributed by atoms with van der Waals surface area (Å²) in [4.78, 5) is 29.1. The maximum absolute atomic E-state index is 13.2. The van der Waals surface area contributed by atoms with Crippen LogP contribution in [0.25, 0.3) is 5.57 Å². The zero-order valence-corrected chi connectivity index (χ0v) is 16.2. The highest BCUT2D eigenvalue weighted by Crippen LogP contribution is 2.35. The second-order valence-corrected chi connectivity index (χ2v) is 7.08. The summed E-state index contributed by atoms with van der Waals surface area (Å²) in [6.45, 7) is 2.11. The van der Waals surface area contributed by atoms with E-state index >= 15 is 0 Å². The Kier molecular flexibility index (Phi) is 5.25. The first-order valence-corrected chi connectivity index (χ1v) is 9.01. The van der Waals surface area contributed by atoms with E-state index < -0.39 is 0 Å². The van der Waals surface area contributed by atoms with E-state index in [0.717, 1.165) is 10.0 Å². The van der Waals surface area contributed by atoms with E-state index in [1.807, 2.05) is 37.3 Å². The van der Waals surface area contributed by atoms with Crippen LogP contribution >= 0.6 is 15.9 Å². The molecule has 134 valence electrons. The zero-order chi connectivity index (χ0) is 18.8. The summed E-state index contributed by atoms with van der Waals surface area (Å²) < 4.78 is 0.782. The average molecular weight is 415 g/mol. The Hall–Kier alpha value is -2.44. The number of aryl methyl sites for hydroxylation is 1. The molecule has 0 bridgehead atoms. The van der Waals surface area contributed by atoms with Crippen LogP contribution in [0.4, 0.5) is 5.69 Å². The second-order valence-electron chi connectivity index (χ2n) is 6.16. The van der Waals surface area contributed by atoms with Gasteiger partial charge in [0.15, 0.2) is 0 Å². The zero-order valence-electron chi connectivity index (χ0n) is 14.6. The summed E-state index contributed by atoms with van der Waals surface area (Å²) in [5.41, 5.74) is 2.91. The number of anilines is 1. The number of benzene rings is 2. The summed E-state index contributed by atoms with van der Waals surface area (Å²) in [7, 11) is 1.70. The van der Waals surface area contributed by atoms with Gasteiger partial charge in [-0.1, -0.05) is 51.8 Å². The van der Waals surface area contributed by atoms with Crippen LogP contribution in [0, 0.1) is 6.92 Å². The van der Waals surface area contributed by atoms with E-state index in [0.29, 0.717) is 22.5 Å². The molecule has 1 N–H and O–H groups in total. The first kappa shape index (κ1) is 18.4. The summed E-state index contributed by atoms with van der Waals surface area (Å²) in [6, 6.07) is 14.6. The number of hydrogen-bond donors (Lipinski definition) is 1. The monoisotopic (exact) mass is 414 g/mol. The van der Waals surface area contributed by atoms with Crippen LogP contribution in [-0.4, -0.2) is 42.0 Å². The van der Waals surface area contributed by atoms with E-state index in [4.69, 9.17) is 0 Å². The average Bonchev–Trinajstić information content (AvgIpc) is 2.86. The molecular weight excluding hydrogens is 396 g/mol. The maximum atomic E-state index is 13.2. The van der Waals surface area contributed by atoms with Gasteiger partial charge in [-0.2, -0.15) is 0 Å². The van der Waals surface area contributed by atoms with Gasteiger partial charge in [0.05, 0.1) is 17.9 Å². The molecule has 0 aromatic heterocycles. The minimum atomic E-state index is -0.389. The fraction of sp³-hybridized carbons (Fsp3) is 0.200. The van der Waals surface area contributed by atoms with Gasteiger partial charge in [0.1, 0.15) is 5.70 Å². The molecule has 1 aliphatic rings. The van der Waals surface area contributed by atoms with E-state index in [-0.39, 0.29) is 25.0 Å². The van der Waals surface area contributed by atoms with Gasteiger partial charge < -0.3 is 10.0 Å². The number of hydrogen-bond acceptors (Lipinski definition) is 4. The Morgan fingerprint density at radius 2 is 1.77 bits per heavy atom. The van der Waals surface area contributed by atoms with E-state index in [2.05, 4.69) is 15.9 Å².